The highest BCUT2D eigenvalue weighted by Gasteiger charge is 2.24. The Kier molecular flexibility index (Phi) is 4.27. The molecule has 4 heteroatoms. The van der Waals surface area contributed by atoms with E-state index in [0.717, 1.165) is 13.0 Å². The number of thiophene rings is 1. The molecule has 1 aliphatic carbocycles. The van der Waals surface area contributed by atoms with E-state index in [1.807, 2.05) is 30.4 Å². The van der Waals surface area contributed by atoms with E-state index in [1.54, 1.807) is 6.07 Å². The first-order chi connectivity index (χ1) is 10.2. The van der Waals surface area contributed by atoms with Gasteiger partial charge in [-0.05, 0) is 43.5 Å². The normalized spacial score (nSPS) is 15.0. The summed E-state index contributed by atoms with van der Waals surface area (Å²) in [5.74, 6) is 0.0407. The Hall–Kier alpha value is -1.39. The Bertz CT molecular complexity index is 616. The number of benzene rings is 1. The van der Waals surface area contributed by atoms with Gasteiger partial charge in [0.25, 0.3) is 0 Å². The van der Waals surface area contributed by atoms with Crippen molar-refractivity contribution in [3.63, 3.8) is 0 Å². The van der Waals surface area contributed by atoms with Crippen molar-refractivity contribution in [3.8, 4) is 5.75 Å². The van der Waals surface area contributed by atoms with Gasteiger partial charge < -0.3 is 10.1 Å². The third-order valence-electron chi connectivity index (χ3n) is 3.98. The molecule has 0 amide bonds. The lowest BCUT2D eigenvalue weighted by atomic mass is 10.0. The molecule has 0 bridgehead atoms. The van der Waals surface area contributed by atoms with Crippen LogP contribution in [0.5, 0.6) is 5.75 Å². The lowest BCUT2D eigenvalue weighted by Crippen LogP contribution is -2.22. The van der Waals surface area contributed by atoms with Gasteiger partial charge in [0.1, 0.15) is 0 Å². The zero-order valence-corrected chi connectivity index (χ0v) is 13.2. The molecule has 0 saturated heterocycles. The molecule has 1 aliphatic rings. The molecule has 0 spiro atoms. The van der Waals surface area contributed by atoms with Gasteiger partial charge in [-0.3, -0.25) is 0 Å². The van der Waals surface area contributed by atoms with Crippen LogP contribution in [0, 0.1) is 5.82 Å². The Balaban J connectivity index is 2.01. The minimum absolute atomic E-state index is 0.0966. The summed E-state index contributed by atoms with van der Waals surface area (Å²) in [6, 6.07) is 7.51. The molecule has 1 unspecified atom stereocenters. The fraction of sp³-hybridized carbons (Fsp3) is 0.412. The molecule has 1 aromatic heterocycles. The molecule has 0 radical (unpaired) electrons. The fourth-order valence-electron chi connectivity index (χ4n) is 2.97. The summed E-state index contributed by atoms with van der Waals surface area (Å²) in [5, 5.41) is 3.41. The van der Waals surface area contributed by atoms with Gasteiger partial charge in [0.15, 0.2) is 11.6 Å². The Morgan fingerprint density at radius 2 is 2.24 bits per heavy atom. The summed E-state index contributed by atoms with van der Waals surface area (Å²) in [6.07, 6.45) is 3.57. The van der Waals surface area contributed by atoms with E-state index in [1.165, 1.54) is 35.3 Å². The van der Waals surface area contributed by atoms with Gasteiger partial charge in [0.2, 0.25) is 0 Å². The molecule has 2 nitrogen and oxygen atoms in total. The van der Waals surface area contributed by atoms with Gasteiger partial charge in [-0.25, -0.2) is 4.39 Å². The van der Waals surface area contributed by atoms with E-state index in [-0.39, 0.29) is 11.9 Å². The second-order valence-electron chi connectivity index (χ2n) is 5.30. The summed E-state index contributed by atoms with van der Waals surface area (Å²) in [4.78, 5) is 2.67. The SMILES string of the molecule is CCNC(c1cc2c(s1)CCC2)c1cccc(OC)c1F. The molecular weight excluding hydrogens is 285 g/mol. The van der Waals surface area contributed by atoms with E-state index in [0.29, 0.717) is 11.3 Å². The predicted octanol–water partition coefficient (Wildman–Crippen LogP) is 4.08. The minimum atomic E-state index is -0.264. The maximum atomic E-state index is 14.6. The second-order valence-corrected chi connectivity index (χ2v) is 6.47. The highest BCUT2D eigenvalue weighted by atomic mass is 32.1. The molecule has 1 aromatic carbocycles. The molecule has 1 N–H and O–H groups in total. The minimum Gasteiger partial charge on any atom is -0.494 e. The summed E-state index contributed by atoms with van der Waals surface area (Å²) >= 11 is 1.82. The summed E-state index contributed by atoms with van der Waals surface area (Å²) in [7, 11) is 1.50. The van der Waals surface area contributed by atoms with Crippen LogP contribution in [0.1, 0.15) is 40.3 Å². The van der Waals surface area contributed by atoms with E-state index >= 15 is 0 Å². The highest BCUT2D eigenvalue weighted by Crippen LogP contribution is 2.37. The Morgan fingerprint density at radius 3 is 2.95 bits per heavy atom. The van der Waals surface area contributed by atoms with E-state index < -0.39 is 0 Å². The van der Waals surface area contributed by atoms with E-state index in [9.17, 15) is 4.39 Å². The standard InChI is InChI=1S/C17H20FNOS/c1-3-19-17(12-7-5-8-13(20-2)16(12)18)15-10-11-6-4-9-14(11)21-15/h5,7-8,10,17,19H,3-4,6,9H2,1-2H3. The van der Waals surface area contributed by atoms with E-state index in [2.05, 4.69) is 11.4 Å². The molecule has 0 fully saturated rings. The average molecular weight is 305 g/mol. The average Bonchev–Trinajstić information content (AvgIpc) is 3.06. The largest absolute Gasteiger partial charge is 0.494 e. The van der Waals surface area contributed by atoms with Crippen LogP contribution in [-0.4, -0.2) is 13.7 Å². The number of hydrogen-bond acceptors (Lipinski definition) is 3. The van der Waals surface area contributed by atoms with Crippen molar-refractivity contribution in [2.75, 3.05) is 13.7 Å². The van der Waals surface area contributed by atoms with Gasteiger partial charge in [-0.1, -0.05) is 19.1 Å². The number of aryl methyl sites for hydroxylation is 2. The molecule has 1 heterocycles. The van der Waals surface area contributed by atoms with Crippen LogP contribution in [0.15, 0.2) is 24.3 Å². The predicted molar refractivity (Wildman–Crippen MR) is 84.8 cm³/mol. The van der Waals surface area contributed by atoms with Crippen LogP contribution in [0.4, 0.5) is 4.39 Å². The first-order valence-electron chi connectivity index (χ1n) is 7.41. The van der Waals surface area contributed by atoms with Crippen molar-refractivity contribution >= 4 is 11.3 Å². The number of fused-ring (bicyclic) bond motifs is 1. The monoisotopic (exact) mass is 305 g/mol. The van der Waals surface area contributed by atoms with Crippen molar-refractivity contribution in [1.82, 2.24) is 5.32 Å². The van der Waals surface area contributed by atoms with Crippen LogP contribution in [0.25, 0.3) is 0 Å². The first-order valence-corrected chi connectivity index (χ1v) is 8.23. The van der Waals surface area contributed by atoms with Crippen LogP contribution >= 0.6 is 11.3 Å². The number of halogens is 1. The zero-order valence-electron chi connectivity index (χ0n) is 12.4. The number of ether oxygens (including phenoxy) is 1. The van der Waals surface area contributed by atoms with Crippen LogP contribution in [-0.2, 0) is 12.8 Å². The van der Waals surface area contributed by atoms with Gasteiger partial charge in [0, 0.05) is 15.3 Å². The second kappa shape index (κ2) is 6.16. The van der Waals surface area contributed by atoms with Crippen LogP contribution < -0.4 is 10.1 Å². The molecular formula is C17H20FNOS. The van der Waals surface area contributed by atoms with Crippen molar-refractivity contribution in [2.24, 2.45) is 0 Å². The molecule has 0 aliphatic heterocycles. The molecule has 1 atom stereocenters. The van der Waals surface area contributed by atoms with Crippen molar-refractivity contribution in [2.45, 2.75) is 32.2 Å². The smallest absolute Gasteiger partial charge is 0.170 e. The lowest BCUT2D eigenvalue weighted by Gasteiger charge is -2.19. The maximum absolute atomic E-state index is 14.6. The maximum Gasteiger partial charge on any atom is 0.170 e. The van der Waals surface area contributed by atoms with Crippen LogP contribution in [0.3, 0.4) is 0 Å². The molecule has 2 aromatic rings. The molecule has 3 rings (SSSR count). The first kappa shape index (κ1) is 14.5. The summed E-state index contributed by atoms with van der Waals surface area (Å²) in [5.41, 5.74) is 2.11. The Morgan fingerprint density at radius 1 is 1.38 bits per heavy atom. The summed E-state index contributed by atoms with van der Waals surface area (Å²) in [6.45, 7) is 2.84. The Labute approximate surface area is 129 Å². The number of hydrogen-bond donors (Lipinski definition) is 1. The van der Waals surface area contributed by atoms with Gasteiger partial charge in [0.05, 0.1) is 13.2 Å². The number of nitrogens with one attached hydrogen (secondary N) is 1. The van der Waals surface area contributed by atoms with Crippen molar-refractivity contribution < 1.29 is 9.13 Å². The number of methoxy groups -OCH3 is 1. The molecule has 112 valence electrons. The van der Waals surface area contributed by atoms with Crippen molar-refractivity contribution in [1.29, 1.82) is 0 Å². The lowest BCUT2D eigenvalue weighted by molar-refractivity contribution is 0.382. The highest BCUT2D eigenvalue weighted by molar-refractivity contribution is 7.12. The molecule has 0 saturated carbocycles. The van der Waals surface area contributed by atoms with Gasteiger partial charge >= 0.3 is 0 Å². The fourth-order valence-corrected chi connectivity index (χ4v) is 4.32. The number of rotatable bonds is 5. The molecule has 21 heavy (non-hydrogen) atoms. The van der Waals surface area contributed by atoms with Crippen LogP contribution in [0.2, 0.25) is 0 Å². The van der Waals surface area contributed by atoms with Gasteiger partial charge in [-0.15, -0.1) is 11.3 Å². The van der Waals surface area contributed by atoms with Gasteiger partial charge in [-0.2, -0.15) is 0 Å². The van der Waals surface area contributed by atoms with E-state index in [4.69, 9.17) is 4.74 Å². The summed E-state index contributed by atoms with van der Waals surface area (Å²) < 4.78 is 19.7. The quantitative estimate of drug-likeness (QED) is 0.898. The van der Waals surface area contributed by atoms with Crippen molar-refractivity contribution in [3.05, 3.63) is 51.0 Å². The topological polar surface area (TPSA) is 21.3 Å². The zero-order chi connectivity index (χ0) is 14.8. The third kappa shape index (κ3) is 2.70. The third-order valence-corrected chi connectivity index (χ3v) is 5.28.